The van der Waals surface area contributed by atoms with Crippen molar-refractivity contribution in [3.05, 3.63) is 29.0 Å². The Morgan fingerprint density at radius 2 is 2.18 bits per heavy atom. The summed E-state index contributed by atoms with van der Waals surface area (Å²) in [5.41, 5.74) is -0.494. The van der Waals surface area contributed by atoms with Crippen LogP contribution in [0, 0.1) is 5.82 Å². The molecule has 2 amide bonds. The number of ether oxygens (including phenoxy) is 1. The minimum absolute atomic E-state index is 0.0432. The molecule has 0 unspecified atom stereocenters. The second-order valence-electron chi connectivity index (χ2n) is 5.62. The molecule has 120 valence electrons. The first-order valence-corrected chi connectivity index (χ1v) is 7.26. The van der Waals surface area contributed by atoms with Crippen molar-refractivity contribution in [2.75, 3.05) is 18.6 Å². The molecule has 1 N–H and O–H groups in total. The predicted molar refractivity (Wildman–Crippen MR) is 81.4 cm³/mol. The van der Waals surface area contributed by atoms with Gasteiger partial charge in [-0.25, -0.2) is 4.39 Å². The van der Waals surface area contributed by atoms with E-state index in [-0.39, 0.29) is 16.8 Å². The fourth-order valence-corrected chi connectivity index (χ4v) is 2.32. The number of nitrogens with one attached hydrogen (secondary N) is 1. The number of hydrogen-bond donors (Lipinski definition) is 1. The van der Waals surface area contributed by atoms with Crippen LogP contribution < -0.4 is 10.2 Å². The van der Waals surface area contributed by atoms with E-state index in [1.807, 2.05) is 0 Å². The molecule has 1 fully saturated rings. The van der Waals surface area contributed by atoms with E-state index < -0.39 is 17.5 Å². The Morgan fingerprint density at radius 1 is 1.50 bits per heavy atom. The topological polar surface area (TPSA) is 58.6 Å². The van der Waals surface area contributed by atoms with E-state index in [0.717, 1.165) is 0 Å². The summed E-state index contributed by atoms with van der Waals surface area (Å²) in [5, 5.41) is 2.64. The highest BCUT2D eigenvalue weighted by atomic mass is 35.5. The van der Waals surface area contributed by atoms with E-state index in [1.54, 1.807) is 13.8 Å². The lowest BCUT2D eigenvalue weighted by atomic mass is 10.1. The number of methoxy groups -OCH3 is 1. The molecule has 0 spiro atoms. The molecule has 1 atom stereocenters. The highest BCUT2D eigenvalue weighted by Gasteiger charge is 2.37. The molecule has 0 radical (unpaired) electrons. The summed E-state index contributed by atoms with van der Waals surface area (Å²) in [6.07, 6.45) is 0.472. The lowest BCUT2D eigenvalue weighted by Gasteiger charge is -2.24. The van der Waals surface area contributed by atoms with Crippen molar-refractivity contribution in [3.63, 3.8) is 0 Å². The first kappa shape index (κ1) is 16.7. The summed E-state index contributed by atoms with van der Waals surface area (Å²) >= 11 is 5.74. The quantitative estimate of drug-likeness (QED) is 0.921. The minimum atomic E-state index is -1.01. The third kappa shape index (κ3) is 3.23. The van der Waals surface area contributed by atoms with Crippen molar-refractivity contribution in [2.24, 2.45) is 0 Å². The zero-order chi connectivity index (χ0) is 16.5. The Labute approximate surface area is 133 Å². The molecule has 22 heavy (non-hydrogen) atoms. The van der Waals surface area contributed by atoms with Gasteiger partial charge in [0.15, 0.2) is 0 Å². The molecule has 1 aliphatic rings. The van der Waals surface area contributed by atoms with E-state index >= 15 is 0 Å². The molecule has 1 aromatic carbocycles. The molecule has 5 nitrogen and oxygen atoms in total. The number of carbonyl (C=O) groups is 2. The molecule has 0 aromatic heterocycles. The van der Waals surface area contributed by atoms with Crippen LogP contribution in [0.5, 0.6) is 0 Å². The zero-order valence-electron chi connectivity index (χ0n) is 12.7. The van der Waals surface area contributed by atoms with Crippen molar-refractivity contribution in [2.45, 2.75) is 31.9 Å². The lowest BCUT2D eigenvalue weighted by Crippen LogP contribution is -2.50. The van der Waals surface area contributed by atoms with E-state index in [0.29, 0.717) is 18.7 Å². The fourth-order valence-electron chi connectivity index (χ4n) is 2.15. The molecule has 1 saturated heterocycles. The minimum Gasteiger partial charge on any atom is -0.369 e. The summed E-state index contributed by atoms with van der Waals surface area (Å²) in [6.45, 7) is 3.68. The zero-order valence-corrected chi connectivity index (χ0v) is 13.4. The summed E-state index contributed by atoms with van der Waals surface area (Å²) < 4.78 is 18.3. The molecule has 0 aliphatic carbocycles. The molecular weight excluding hydrogens is 311 g/mol. The molecule has 1 heterocycles. The highest BCUT2D eigenvalue weighted by Crippen LogP contribution is 2.26. The van der Waals surface area contributed by atoms with Crippen LogP contribution >= 0.6 is 11.6 Å². The fraction of sp³-hybridized carbons (Fsp3) is 0.467. The SMILES string of the molecule is COC(C)(C)C(=O)N[C@@H]1CCN(c2ccc(F)c(Cl)c2)C1=O. The third-order valence-electron chi connectivity index (χ3n) is 3.78. The molecule has 1 aliphatic heterocycles. The van der Waals surface area contributed by atoms with Gasteiger partial charge in [0.2, 0.25) is 5.91 Å². The monoisotopic (exact) mass is 328 g/mol. The molecule has 0 bridgehead atoms. The van der Waals surface area contributed by atoms with E-state index in [9.17, 15) is 14.0 Å². The third-order valence-corrected chi connectivity index (χ3v) is 4.07. The van der Waals surface area contributed by atoms with E-state index in [2.05, 4.69) is 5.32 Å². The Kier molecular flexibility index (Phi) is 4.72. The molecule has 7 heteroatoms. The van der Waals surface area contributed by atoms with Crippen LogP contribution in [0.3, 0.4) is 0 Å². The van der Waals surface area contributed by atoms with Crippen LogP contribution in [0.1, 0.15) is 20.3 Å². The number of amides is 2. The van der Waals surface area contributed by atoms with Gasteiger partial charge in [-0.15, -0.1) is 0 Å². The van der Waals surface area contributed by atoms with Gasteiger partial charge in [-0.05, 0) is 38.5 Å². The summed E-state index contributed by atoms with van der Waals surface area (Å²) in [4.78, 5) is 25.9. The maximum absolute atomic E-state index is 13.2. The Balaban J connectivity index is 2.10. The number of nitrogens with zero attached hydrogens (tertiary/aromatic N) is 1. The average Bonchev–Trinajstić information content (AvgIpc) is 2.83. The van der Waals surface area contributed by atoms with Crippen molar-refractivity contribution >= 4 is 29.1 Å². The number of benzene rings is 1. The van der Waals surface area contributed by atoms with Crippen molar-refractivity contribution in [3.8, 4) is 0 Å². The van der Waals surface area contributed by atoms with Crippen LogP contribution in [-0.4, -0.2) is 37.1 Å². The largest absolute Gasteiger partial charge is 0.369 e. The van der Waals surface area contributed by atoms with Crippen molar-refractivity contribution in [1.82, 2.24) is 5.32 Å². The Bertz CT molecular complexity index is 606. The van der Waals surface area contributed by atoms with E-state index in [4.69, 9.17) is 16.3 Å². The molecule has 0 saturated carbocycles. The lowest BCUT2D eigenvalue weighted by molar-refractivity contribution is -0.141. The van der Waals surface area contributed by atoms with Crippen LogP contribution in [-0.2, 0) is 14.3 Å². The average molecular weight is 329 g/mol. The normalized spacial score (nSPS) is 18.7. The van der Waals surface area contributed by atoms with Gasteiger partial charge < -0.3 is 15.0 Å². The van der Waals surface area contributed by atoms with Crippen molar-refractivity contribution in [1.29, 1.82) is 0 Å². The summed E-state index contributed by atoms with van der Waals surface area (Å²) in [6, 6.07) is 3.48. The van der Waals surface area contributed by atoms with E-state index in [1.165, 1.54) is 30.2 Å². The Hall–Kier alpha value is -1.66. The summed E-state index contributed by atoms with van der Waals surface area (Å²) in [5.74, 6) is -1.14. The number of hydrogen-bond acceptors (Lipinski definition) is 3. The van der Waals surface area contributed by atoms with Gasteiger partial charge in [-0.1, -0.05) is 11.6 Å². The number of rotatable bonds is 4. The number of halogens is 2. The van der Waals surface area contributed by atoms with Crippen LogP contribution in [0.2, 0.25) is 5.02 Å². The molecule has 1 aromatic rings. The number of anilines is 1. The van der Waals surface area contributed by atoms with Gasteiger partial charge in [0, 0.05) is 19.3 Å². The second-order valence-corrected chi connectivity index (χ2v) is 6.02. The first-order chi connectivity index (χ1) is 10.3. The highest BCUT2D eigenvalue weighted by molar-refractivity contribution is 6.31. The summed E-state index contributed by atoms with van der Waals surface area (Å²) in [7, 11) is 1.43. The maximum atomic E-state index is 13.2. The van der Waals surface area contributed by atoms with Gasteiger partial charge in [0.05, 0.1) is 5.02 Å². The van der Waals surface area contributed by atoms with Gasteiger partial charge >= 0.3 is 0 Å². The van der Waals surface area contributed by atoms with Gasteiger partial charge in [-0.2, -0.15) is 0 Å². The Morgan fingerprint density at radius 3 is 2.77 bits per heavy atom. The predicted octanol–water partition coefficient (Wildman–Crippen LogP) is 2.13. The smallest absolute Gasteiger partial charge is 0.252 e. The van der Waals surface area contributed by atoms with Crippen LogP contribution in [0.25, 0.3) is 0 Å². The first-order valence-electron chi connectivity index (χ1n) is 6.89. The van der Waals surface area contributed by atoms with Crippen molar-refractivity contribution < 1.29 is 18.7 Å². The molecule has 2 rings (SSSR count). The molecular formula is C15H18ClFN2O3. The van der Waals surface area contributed by atoms with Crippen LogP contribution in [0.4, 0.5) is 10.1 Å². The maximum Gasteiger partial charge on any atom is 0.252 e. The van der Waals surface area contributed by atoms with Gasteiger partial charge in [-0.3, -0.25) is 9.59 Å². The standard InChI is InChI=1S/C15H18ClFN2O3/c1-15(2,22-3)14(21)18-12-6-7-19(13(12)20)9-4-5-11(17)10(16)8-9/h4-5,8,12H,6-7H2,1-3H3,(H,18,21)/t12-/m1/s1. The van der Waals surface area contributed by atoms with Crippen LogP contribution in [0.15, 0.2) is 18.2 Å². The van der Waals surface area contributed by atoms with Gasteiger partial charge in [0.25, 0.3) is 5.91 Å². The number of carbonyl (C=O) groups excluding carboxylic acids is 2. The van der Waals surface area contributed by atoms with Gasteiger partial charge in [0.1, 0.15) is 17.5 Å². The second kappa shape index (κ2) is 6.22.